The van der Waals surface area contributed by atoms with Gasteiger partial charge in [0.05, 0.1) is 36.6 Å². The Morgan fingerprint density at radius 2 is 2.11 bits per heavy atom. The maximum atomic E-state index is 11.6. The second-order valence-corrected chi connectivity index (χ2v) is 6.97. The van der Waals surface area contributed by atoms with Crippen LogP contribution in [0.5, 0.6) is 0 Å². The van der Waals surface area contributed by atoms with E-state index >= 15 is 0 Å². The van der Waals surface area contributed by atoms with Crippen molar-refractivity contribution in [2.75, 3.05) is 13.7 Å². The van der Waals surface area contributed by atoms with E-state index in [2.05, 4.69) is 14.8 Å². The summed E-state index contributed by atoms with van der Waals surface area (Å²) >= 11 is -2.38. The number of aromatic nitrogens is 3. The molecule has 9 heteroatoms. The maximum absolute atomic E-state index is 11.6. The number of benzene rings is 1. The van der Waals surface area contributed by atoms with E-state index in [4.69, 9.17) is 0 Å². The van der Waals surface area contributed by atoms with Crippen LogP contribution in [0.2, 0.25) is 0 Å². The Labute approximate surface area is 159 Å². The molecule has 0 N–H and O–H groups in total. The molecule has 0 saturated carbocycles. The monoisotopic (exact) mass is 387 g/mol. The number of nitrogens with zero attached hydrogens (tertiary/aromatic N) is 4. The molecule has 0 spiro atoms. The lowest BCUT2D eigenvalue weighted by Gasteiger charge is -2.23. The van der Waals surface area contributed by atoms with E-state index in [1.54, 1.807) is 23.0 Å². The van der Waals surface area contributed by atoms with E-state index in [1.165, 1.54) is 17.6 Å². The van der Waals surface area contributed by atoms with Gasteiger partial charge in [0, 0.05) is 36.4 Å². The van der Waals surface area contributed by atoms with Crippen molar-refractivity contribution in [2.45, 2.75) is 13.0 Å². The van der Waals surface area contributed by atoms with Gasteiger partial charge in [-0.2, -0.15) is 5.10 Å². The first-order chi connectivity index (χ1) is 13.0. The lowest BCUT2D eigenvalue weighted by atomic mass is 10.1. The fraction of sp³-hybridized carbons (Fsp3) is 0.278. The summed E-state index contributed by atoms with van der Waals surface area (Å²) in [4.78, 5) is 15.6. The van der Waals surface area contributed by atoms with Crippen molar-refractivity contribution < 1.29 is 18.3 Å². The molecule has 0 radical (unpaired) electrons. The van der Waals surface area contributed by atoms with Crippen LogP contribution in [-0.4, -0.2) is 47.5 Å². The lowest BCUT2D eigenvalue weighted by Crippen LogP contribution is -2.28. The van der Waals surface area contributed by atoms with E-state index < -0.39 is 17.2 Å². The molecule has 0 aliphatic heterocycles. The van der Waals surface area contributed by atoms with Crippen LogP contribution in [0.1, 0.15) is 21.6 Å². The molecule has 8 nitrogen and oxygen atoms in total. The minimum Gasteiger partial charge on any atom is -0.760 e. The Balaban J connectivity index is 1.67. The number of carbonyl (C=O) groups is 1. The summed E-state index contributed by atoms with van der Waals surface area (Å²) in [5.74, 6) is -0.483. The summed E-state index contributed by atoms with van der Waals surface area (Å²) in [7, 11) is 3.16. The number of carbonyl (C=O) groups excluding carboxylic acids is 1. The number of pyridine rings is 1. The number of hydrogen-bond acceptors (Lipinski definition) is 6. The van der Waals surface area contributed by atoms with Crippen molar-refractivity contribution in [3.05, 3.63) is 59.5 Å². The molecule has 3 rings (SSSR count). The third-order valence-electron chi connectivity index (χ3n) is 4.26. The molecule has 0 aliphatic carbocycles. The number of aryl methyl sites for hydroxylation is 1. The van der Waals surface area contributed by atoms with Gasteiger partial charge in [0.15, 0.2) is 0 Å². The third kappa shape index (κ3) is 4.57. The van der Waals surface area contributed by atoms with Crippen LogP contribution in [0.4, 0.5) is 0 Å². The van der Waals surface area contributed by atoms with Gasteiger partial charge in [-0.05, 0) is 30.2 Å². The normalized spacial score (nSPS) is 12.4. The number of fused-ring (bicyclic) bond motifs is 1. The second-order valence-electron chi connectivity index (χ2n) is 6.02. The predicted molar refractivity (Wildman–Crippen MR) is 99.3 cm³/mol. The number of esters is 1. The zero-order valence-electron chi connectivity index (χ0n) is 15.0. The quantitative estimate of drug-likeness (QED) is 0.451. The average molecular weight is 387 g/mol. The second kappa shape index (κ2) is 8.38. The SMILES string of the molecule is COC(=O)c1ccc(CN(CCc2ccc3cnn(C)c3c2)S(=O)[O-])nc1. The molecule has 0 amide bonds. The van der Waals surface area contributed by atoms with Crippen molar-refractivity contribution >= 4 is 28.1 Å². The lowest BCUT2D eigenvalue weighted by molar-refractivity contribution is 0.0600. The minimum atomic E-state index is -2.38. The topological polar surface area (TPSA) is 100 Å². The highest BCUT2D eigenvalue weighted by Crippen LogP contribution is 2.16. The van der Waals surface area contributed by atoms with Gasteiger partial charge in [-0.3, -0.25) is 13.9 Å². The molecule has 1 aromatic carbocycles. The highest BCUT2D eigenvalue weighted by Gasteiger charge is 2.11. The van der Waals surface area contributed by atoms with Gasteiger partial charge in [-0.1, -0.05) is 12.1 Å². The van der Waals surface area contributed by atoms with Crippen LogP contribution in [0.3, 0.4) is 0 Å². The average Bonchev–Trinajstić information content (AvgIpc) is 3.05. The highest BCUT2D eigenvalue weighted by atomic mass is 32.2. The van der Waals surface area contributed by atoms with Crippen molar-refractivity contribution in [2.24, 2.45) is 7.05 Å². The first kappa shape index (κ1) is 19.2. The molecule has 3 aromatic rings. The van der Waals surface area contributed by atoms with Crippen LogP contribution in [0.25, 0.3) is 10.9 Å². The molecule has 142 valence electrons. The van der Waals surface area contributed by atoms with Gasteiger partial charge in [0.25, 0.3) is 0 Å². The van der Waals surface area contributed by atoms with Crippen molar-refractivity contribution in [1.82, 2.24) is 19.1 Å². The first-order valence-corrected chi connectivity index (χ1v) is 9.29. The van der Waals surface area contributed by atoms with Crippen LogP contribution in [0.15, 0.2) is 42.7 Å². The van der Waals surface area contributed by atoms with Crippen LogP contribution >= 0.6 is 0 Å². The summed E-state index contributed by atoms with van der Waals surface area (Å²) in [5, 5.41) is 5.25. The Bertz CT molecular complexity index is 971. The summed E-state index contributed by atoms with van der Waals surface area (Å²) in [6.45, 7) is 0.450. The van der Waals surface area contributed by atoms with E-state index in [0.29, 0.717) is 24.2 Å². The fourth-order valence-electron chi connectivity index (χ4n) is 2.74. The van der Waals surface area contributed by atoms with E-state index in [1.807, 2.05) is 25.2 Å². The summed E-state index contributed by atoms with van der Waals surface area (Å²) in [6.07, 6.45) is 3.74. The molecular formula is C18H19N4O4S-. The van der Waals surface area contributed by atoms with Gasteiger partial charge in [0.1, 0.15) is 0 Å². The minimum absolute atomic E-state index is 0.130. The smallest absolute Gasteiger partial charge is 0.339 e. The Hall–Kier alpha value is -2.62. The molecule has 2 heterocycles. The van der Waals surface area contributed by atoms with Gasteiger partial charge in [-0.25, -0.2) is 9.10 Å². The molecule has 0 bridgehead atoms. The fourth-order valence-corrected chi connectivity index (χ4v) is 3.22. The van der Waals surface area contributed by atoms with Gasteiger partial charge < -0.3 is 9.29 Å². The van der Waals surface area contributed by atoms with E-state index in [-0.39, 0.29) is 6.54 Å². The van der Waals surface area contributed by atoms with Gasteiger partial charge in [0.2, 0.25) is 0 Å². The van der Waals surface area contributed by atoms with Crippen molar-refractivity contribution in [3.63, 3.8) is 0 Å². The Morgan fingerprint density at radius 3 is 2.78 bits per heavy atom. The van der Waals surface area contributed by atoms with Crippen molar-refractivity contribution in [3.8, 4) is 0 Å². The first-order valence-electron chi connectivity index (χ1n) is 8.26. The van der Waals surface area contributed by atoms with Crippen LogP contribution in [-0.2, 0) is 36.0 Å². The van der Waals surface area contributed by atoms with E-state index in [9.17, 15) is 13.6 Å². The third-order valence-corrected chi connectivity index (χ3v) is 4.99. The molecule has 1 atom stereocenters. The molecule has 0 aliphatic rings. The molecule has 27 heavy (non-hydrogen) atoms. The molecule has 0 saturated heterocycles. The van der Waals surface area contributed by atoms with Crippen LogP contribution < -0.4 is 0 Å². The summed E-state index contributed by atoms with van der Waals surface area (Å²) < 4.78 is 30.9. The predicted octanol–water partition coefficient (Wildman–Crippen LogP) is 1.59. The number of rotatable bonds is 7. The largest absolute Gasteiger partial charge is 0.760 e. The maximum Gasteiger partial charge on any atom is 0.339 e. The molecule has 1 unspecified atom stereocenters. The van der Waals surface area contributed by atoms with Crippen molar-refractivity contribution in [1.29, 1.82) is 0 Å². The van der Waals surface area contributed by atoms with Crippen LogP contribution in [0, 0.1) is 0 Å². The molecular weight excluding hydrogens is 368 g/mol. The molecule has 0 fully saturated rings. The number of hydrogen-bond donors (Lipinski definition) is 0. The van der Waals surface area contributed by atoms with Gasteiger partial charge >= 0.3 is 5.97 Å². The standard InChI is InChI=1S/C18H20N4O4S/c1-21-17-9-13(3-4-14(17)11-20-21)7-8-22(27(24)25)12-16-6-5-15(10-19-16)18(23)26-2/h3-6,9-11H,7-8,12H2,1-2H3,(H,24,25)/p-1. The highest BCUT2D eigenvalue weighted by molar-refractivity contribution is 7.76. The zero-order valence-corrected chi connectivity index (χ0v) is 15.8. The van der Waals surface area contributed by atoms with E-state index in [0.717, 1.165) is 16.5 Å². The van der Waals surface area contributed by atoms with Gasteiger partial charge in [-0.15, -0.1) is 0 Å². The summed E-state index contributed by atoms with van der Waals surface area (Å²) in [5.41, 5.74) is 2.90. The molecule has 2 aromatic heterocycles. The summed E-state index contributed by atoms with van der Waals surface area (Å²) in [6, 6.07) is 9.14. The zero-order chi connectivity index (χ0) is 19.4. The Morgan fingerprint density at radius 1 is 1.30 bits per heavy atom. The number of methoxy groups -OCH3 is 1. The number of ether oxygens (including phenoxy) is 1. The Kier molecular flexibility index (Phi) is 5.94.